The Balaban J connectivity index is 0.00000169. The Bertz CT molecular complexity index is 566. The SMILES string of the molecule is O=C1CC2CCC(C1)[NH+]2CCC[NH2+]CC(O)c1cc(O)cc(O)c1.[Cl-].[Cl-]. The minimum Gasteiger partial charge on any atom is -1.00 e. The number of carbonyl (C=O) groups excluding carboxylic acids is 1. The van der Waals surface area contributed by atoms with Crippen molar-refractivity contribution in [1.82, 2.24) is 0 Å². The summed E-state index contributed by atoms with van der Waals surface area (Å²) in [5, 5.41) is 31.1. The molecule has 0 spiro atoms. The van der Waals surface area contributed by atoms with Crippen molar-refractivity contribution in [3.63, 3.8) is 0 Å². The average molecular weight is 407 g/mol. The zero-order valence-corrected chi connectivity index (χ0v) is 16.2. The van der Waals surface area contributed by atoms with Crippen LogP contribution in [-0.4, -0.2) is 52.8 Å². The van der Waals surface area contributed by atoms with E-state index < -0.39 is 6.10 Å². The summed E-state index contributed by atoms with van der Waals surface area (Å²) in [6, 6.07) is 5.28. The molecule has 2 saturated heterocycles. The van der Waals surface area contributed by atoms with Gasteiger partial charge in [0, 0.05) is 25.3 Å². The molecule has 0 amide bonds. The minimum atomic E-state index is -0.709. The number of nitrogens with one attached hydrogen (secondary N) is 1. The fourth-order valence-electron chi connectivity index (χ4n) is 4.29. The maximum atomic E-state index is 11.6. The van der Waals surface area contributed by atoms with Gasteiger partial charge in [-0.05, 0) is 17.7 Å². The predicted molar refractivity (Wildman–Crippen MR) is 87.9 cm³/mol. The Morgan fingerprint density at radius 2 is 1.65 bits per heavy atom. The predicted octanol–water partition coefficient (Wildman–Crippen LogP) is -7.13. The van der Waals surface area contributed by atoms with Gasteiger partial charge >= 0.3 is 0 Å². The van der Waals surface area contributed by atoms with Crippen molar-refractivity contribution < 1.29 is 55.1 Å². The summed E-state index contributed by atoms with van der Waals surface area (Å²) in [4.78, 5) is 13.2. The van der Waals surface area contributed by atoms with Gasteiger partial charge in [-0.15, -0.1) is 0 Å². The molecule has 2 heterocycles. The van der Waals surface area contributed by atoms with Gasteiger partial charge in [-0.1, -0.05) is 0 Å². The summed E-state index contributed by atoms with van der Waals surface area (Å²) >= 11 is 0. The molecule has 148 valence electrons. The number of aromatic hydroxyl groups is 2. The number of Topliss-reactive ketones (excluding diaryl/α,β-unsaturated/α-hetero) is 1. The van der Waals surface area contributed by atoms with Crippen LogP contribution >= 0.6 is 0 Å². The van der Waals surface area contributed by atoms with E-state index in [-0.39, 0.29) is 36.3 Å². The summed E-state index contributed by atoms with van der Waals surface area (Å²) < 4.78 is 0. The number of benzene rings is 1. The monoisotopic (exact) mass is 406 g/mol. The van der Waals surface area contributed by atoms with Crippen LogP contribution in [0.25, 0.3) is 0 Å². The highest BCUT2D eigenvalue weighted by Crippen LogP contribution is 2.24. The van der Waals surface area contributed by atoms with Crippen molar-refractivity contribution in [3.8, 4) is 11.5 Å². The molecule has 6 N–H and O–H groups in total. The Kier molecular flexibility index (Phi) is 9.13. The molecule has 6 nitrogen and oxygen atoms in total. The highest BCUT2D eigenvalue weighted by Gasteiger charge is 2.43. The molecule has 0 radical (unpaired) electrons. The van der Waals surface area contributed by atoms with E-state index in [0.717, 1.165) is 32.4 Å². The molecule has 1 aromatic carbocycles. The van der Waals surface area contributed by atoms with E-state index in [9.17, 15) is 20.1 Å². The molecule has 8 heteroatoms. The van der Waals surface area contributed by atoms with Gasteiger partial charge in [-0.3, -0.25) is 4.79 Å². The fraction of sp³-hybridized carbons (Fsp3) is 0.611. The lowest BCUT2D eigenvalue weighted by Gasteiger charge is -2.30. The molecule has 2 bridgehead atoms. The highest BCUT2D eigenvalue weighted by atomic mass is 35.5. The van der Waals surface area contributed by atoms with Crippen molar-refractivity contribution in [2.75, 3.05) is 19.6 Å². The van der Waals surface area contributed by atoms with Crippen molar-refractivity contribution >= 4 is 5.78 Å². The first kappa shape index (κ1) is 23.0. The smallest absolute Gasteiger partial charge is 0.144 e. The number of nitrogens with two attached hydrogens (primary N) is 1. The number of piperidine rings is 1. The van der Waals surface area contributed by atoms with Gasteiger partial charge in [-0.25, -0.2) is 0 Å². The van der Waals surface area contributed by atoms with Gasteiger partial charge in [0.2, 0.25) is 0 Å². The minimum absolute atomic E-state index is 0. The molecule has 1 aromatic rings. The molecule has 0 aromatic heterocycles. The van der Waals surface area contributed by atoms with E-state index in [0.29, 0.717) is 30.0 Å². The van der Waals surface area contributed by atoms with Gasteiger partial charge in [0.25, 0.3) is 0 Å². The summed E-state index contributed by atoms with van der Waals surface area (Å²) in [6.45, 7) is 2.53. The number of ketones is 1. The molecule has 0 aliphatic carbocycles. The highest BCUT2D eigenvalue weighted by molar-refractivity contribution is 5.80. The van der Waals surface area contributed by atoms with Crippen molar-refractivity contribution in [2.24, 2.45) is 0 Å². The Morgan fingerprint density at radius 1 is 1.08 bits per heavy atom. The van der Waals surface area contributed by atoms with Crippen LogP contribution in [0.15, 0.2) is 18.2 Å². The number of halogens is 2. The molecule has 2 fully saturated rings. The van der Waals surface area contributed by atoms with Crippen LogP contribution in [0.3, 0.4) is 0 Å². The van der Waals surface area contributed by atoms with Crippen LogP contribution in [0.5, 0.6) is 11.5 Å². The fourth-order valence-corrected chi connectivity index (χ4v) is 4.29. The summed E-state index contributed by atoms with van der Waals surface area (Å²) in [7, 11) is 0. The maximum Gasteiger partial charge on any atom is 0.144 e. The van der Waals surface area contributed by atoms with E-state index in [2.05, 4.69) is 5.32 Å². The lowest BCUT2D eigenvalue weighted by Crippen LogP contribution is -3.18. The molecule has 2 aliphatic rings. The lowest BCUT2D eigenvalue weighted by molar-refractivity contribution is -0.938. The van der Waals surface area contributed by atoms with E-state index in [1.807, 2.05) is 0 Å². The number of carbonyl (C=O) groups is 1. The second-order valence-electron chi connectivity index (χ2n) is 7.21. The van der Waals surface area contributed by atoms with Crippen LogP contribution in [0.2, 0.25) is 0 Å². The zero-order chi connectivity index (χ0) is 17.1. The molecule has 3 atom stereocenters. The van der Waals surface area contributed by atoms with Crippen LogP contribution in [-0.2, 0) is 4.79 Å². The Labute approximate surface area is 166 Å². The van der Waals surface area contributed by atoms with Crippen LogP contribution < -0.4 is 35.0 Å². The molecule has 3 rings (SSSR count). The summed E-state index contributed by atoms with van der Waals surface area (Å²) in [6.07, 6.45) is 4.25. The van der Waals surface area contributed by atoms with Gasteiger partial charge < -0.3 is 50.4 Å². The van der Waals surface area contributed by atoms with Crippen LogP contribution in [0.4, 0.5) is 0 Å². The summed E-state index contributed by atoms with van der Waals surface area (Å²) in [5.41, 5.74) is 0.530. The van der Waals surface area contributed by atoms with Gasteiger partial charge in [0.05, 0.1) is 38.0 Å². The maximum absolute atomic E-state index is 11.6. The number of fused-ring (bicyclic) bond motifs is 2. The van der Waals surface area contributed by atoms with Crippen LogP contribution in [0, 0.1) is 0 Å². The molecule has 2 aliphatic heterocycles. The average Bonchev–Trinajstić information content (AvgIpc) is 2.76. The molecular formula is C18H28Cl2N2O4. The molecule has 26 heavy (non-hydrogen) atoms. The third kappa shape index (κ3) is 5.72. The topological polar surface area (TPSA) is 98.8 Å². The van der Waals surface area contributed by atoms with Gasteiger partial charge in [0.1, 0.15) is 29.9 Å². The second-order valence-corrected chi connectivity index (χ2v) is 7.21. The number of phenols is 2. The first-order valence-corrected chi connectivity index (χ1v) is 8.93. The molecule has 3 unspecified atom stereocenters. The Hall–Kier alpha value is -1.05. The first-order valence-electron chi connectivity index (χ1n) is 8.93. The number of rotatable bonds is 7. The number of aliphatic hydroxyl groups excluding tert-OH is 1. The number of aliphatic hydroxyl groups is 1. The van der Waals surface area contributed by atoms with E-state index in [1.54, 1.807) is 4.90 Å². The lowest BCUT2D eigenvalue weighted by atomic mass is 10.0. The third-order valence-electron chi connectivity index (χ3n) is 5.43. The standard InChI is InChI=1S/C18H26N2O4.2ClH/c21-15-6-12(7-16(22)10-15)18(24)11-19-4-1-5-20-13-2-3-14(20)9-17(23)8-13;;/h6-7,10,13-14,18-19,21-22,24H,1-5,8-9,11H2;2*1H. The van der Waals surface area contributed by atoms with Gasteiger partial charge in [0.15, 0.2) is 0 Å². The first-order chi connectivity index (χ1) is 11.5. The number of hydrogen-bond donors (Lipinski definition) is 5. The number of hydrogen-bond acceptors (Lipinski definition) is 4. The number of quaternary nitrogens is 2. The van der Waals surface area contributed by atoms with Crippen molar-refractivity contribution in [2.45, 2.75) is 50.3 Å². The second kappa shape index (κ2) is 10.3. The number of phenolic OH excluding ortho intramolecular Hbond substituents is 2. The van der Waals surface area contributed by atoms with Crippen molar-refractivity contribution in [1.29, 1.82) is 0 Å². The summed E-state index contributed by atoms with van der Waals surface area (Å²) in [5.74, 6) is 0.362. The molecule has 0 saturated carbocycles. The van der Waals surface area contributed by atoms with E-state index >= 15 is 0 Å². The van der Waals surface area contributed by atoms with E-state index in [1.165, 1.54) is 31.0 Å². The molecular weight excluding hydrogens is 379 g/mol. The third-order valence-corrected chi connectivity index (χ3v) is 5.43. The van der Waals surface area contributed by atoms with E-state index in [4.69, 9.17) is 0 Å². The Morgan fingerprint density at radius 3 is 2.23 bits per heavy atom. The normalized spacial score (nSPS) is 25.3. The van der Waals surface area contributed by atoms with Crippen molar-refractivity contribution in [3.05, 3.63) is 23.8 Å². The van der Waals surface area contributed by atoms with Crippen LogP contribution in [0.1, 0.15) is 43.8 Å². The zero-order valence-electron chi connectivity index (χ0n) is 14.7. The quantitative estimate of drug-likeness (QED) is 0.290. The van der Waals surface area contributed by atoms with Gasteiger partial charge in [-0.2, -0.15) is 0 Å². The largest absolute Gasteiger partial charge is 1.00 e.